The Balaban J connectivity index is 1.43. The van der Waals surface area contributed by atoms with Crippen molar-refractivity contribution in [2.75, 3.05) is 11.3 Å². The maximum absolute atomic E-state index is 14.8. The Hall–Kier alpha value is -5.09. The largest absolute Gasteiger partial charge is 0.522 e. The summed E-state index contributed by atoms with van der Waals surface area (Å²) in [5.74, 6) is -1.17. The van der Waals surface area contributed by atoms with Crippen LogP contribution < -0.4 is 9.46 Å². The molecule has 0 radical (unpaired) electrons. The first-order chi connectivity index (χ1) is 25.4. The van der Waals surface area contributed by atoms with Gasteiger partial charge in [-0.25, -0.2) is 23.1 Å². The Bertz CT molecular complexity index is 2360. The molecule has 2 aliphatic heterocycles. The number of aromatic nitrogens is 5. The molecule has 5 heterocycles. The average Bonchev–Trinajstić information content (AvgIpc) is 3.33. The van der Waals surface area contributed by atoms with E-state index in [9.17, 15) is 26.4 Å². The Morgan fingerprint density at radius 3 is 2.39 bits per heavy atom. The average molecular weight is 764 g/mol. The van der Waals surface area contributed by atoms with Gasteiger partial charge in [-0.1, -0.05) is 45.0 Å². The topological polar surface area (TPSA) is 141 Å². The summed E-state index contributed by atoms with van der Waals surface area (Å²) in [6.07, 6.45) is -4.69. The molecule has 1 amide bonds. The van der Waals surface area contributed by atoms with Crippen LogP contribution in [0.3, 0.4) is 0 Å². The molecule has 0 saturated carbocycles. The maximum atomic E-state index is 14.8. The van der Waals surface area contributed by atoms with E-state index in [0.29, 0.717) is 28.1 Å². The smallest absolute Gasteiger partial charge is 0.475 e. The molecule has 2 aromatic carbocycles. The lowest BCUT2D eigenvalue weighted by atomic mass is 9.92. The molecule has 3 aromatic heterocycles. The number of nitrogens with zero attached hydrogens (tertiary/aromatic N) is 6. The van der Waals surface area contributed by atoms with Crippen molar-refractivity contribution in [2.24, 2.45) is 7.05 Å². The molecule has 7 rings (SSSR count). The first kappa shape index (κ1) is 37.2. The minimum absolute atomic E-state index is 0.0690. The van der Waals surface area contributed by atoms with Crippen molar-refractivity contribution >= 4 is 33.0 Å². The van der Waals surface area contributed by atoms with Crippen LogP contribution in [0.4, 0.5) is 19.1 Å². The number of anilines is 1. The van der Waals surface area contributed by atoms with Gasteiger partial charge in [-0.2, -0.15) is 4.98 Å². The summed E-state index contributed by atoms with van der Waals surface area (Å²) >= 11 is 0. The summed E-state index contributed by atoms with van der Waals surface area (Å²) in [6, 6.07) is 12.1. The predicted molar refractivity (Wildman–Crippen MR) is 194 cm³/mol. The number of hydrogen-bond donors (Lipinski definition) is 1. The number of sulfonamides is 1. The van der Waals surface area contributed by atoms with E-state index in [-0.39, 0.29) is 47.0 Å². The highest BCUT2D eigenvalue weighted by molar-refractivity contribution is 7.92. The number of nitrogens with one attached hydrogen (secondary N) is 1. The third-order valence-corrected chi connectivity index (χ3v) is 11.3. The van der Waals surface area contributed by atoms with Crippen LogP contribution in [0.15, 0.2) is 65.7 Å². The number of ether oxygens (including phenoxy) is 2. The molecular formula is C38H40F3N7O5S. The van der Waals surface area contributed by atoms with Crippen LogP contribution in [0.1, 0.15) is 78.9 Å². The van der Waals surface area contributed by atoms with Crippen LogP contribution >= 0.6 is 0 Å². The molecule has 5 aromatic rings. The maximum Gasteiger partial charge on any atom is 0.522 e. The van der Waals surface area contributed by atoms with E-state index in [1.165, 1.54) is 41.4 Å². The molecule has 284 valence electrons. The molecule has 54 heavy (non-hydrogen) atoms. The van der Waals surface area contributed by atoms with Crippen molar-refractivity contribution in [2.45, 2.75) is 88.7 Å². The Morgan fingerprint density at radius 2 is 1.69 bits per heavy atom. The number of rotatable bonds is 3. The predicted octanol–water partition coefficient (Wildman–Crippen LogP) is 7.17. The number of carbonyl (C=O) groups is 1. The fraction of sp³-hybridized carbons (Fsp3) is 0.395. The third kappa shape index (κ3) is 7.23. The molecule has 1 saturated heterocycles. The van der Waals surface area contributed by atoms with Crippen molar-refractivity contribution < 1.29 is 35.9 Å². The highest BCUT2D eigenvalue weighted by Crippen LogP contribution is 2.39. The van der Waals surface area contributed by atoms with E-state index in [1.54, 1.807) is 0 Å². The zero-order chi connectivity index (χ0) is 38.7. The van der Waals surface area contributed by atoms with E-state index in [2.05, 4.69) is 40.4 Å². The zero-order valence-electron chi connectivity index (χ0n) is 30.6. The van der Waals surface area contributed by atoms with Crippen LogP contribution in [-0.4, -0.2) is 68.8 Å². The fourth-order valence-electron chi connectivity index (χ4n) is 7.49. The zero-order valence-corrected chi connectivity index (χ0v) is 31.4. The summed E-state index contributed by atoms with van der Waals surface area (Å²) in [5, 5.41) is 0. The lowest BCUT2D eigenvalue weighted by Crippen LogP contribution is -2.52. The second-order valence-electron chi connectivity index (χ2n) is 14.8. The summed E-state index contributed by atoms with van der Waals surface area (Å²) < 4.78 is 85.2. The summed E-state index contributed by atoms with van der Waals surface area (Å²) in [7, 11) is -2.51. The van der Waals surface area contributed by atoms with Gasteiger partial charge >= 0.3 is 6.36 Å². The molecule has 0 aliphatic carbocycles. The van der Waals surface area contributed by atoms with E-state index < -0.39 is 47.1 Å². The highest BCUT2D eigenvalue weighted by atomic mass is 32.2. The van der Waals surface area contributed by atoms with Gasteiger partial charge in [0, 0.05) is 35.3 Å². The van der Waals surface area contributed by atoms with E-state index in [1.807, 2.05) is 49.7 Å². The molecule has 2 aliphatic rings. The first-order valence-electron chi connectivity index (χ1n) is 17.5. The van der Waals surface area contributed by atoms with Gasteiger partial charge in [0.05, 0.1) is 40.7 Å². The summed E-state index contributed by atoms with van der Waals surface area (Å²) in [4.78, 5) is 34.3. The lowest BCUT2D eigenvalue weighted by Gasteiger charge is -2.39. The quantitative estimate of drug-likeness (QED) is 0.202. The molecular weight excluding hydrogens is 724 g/mol. The monoisotopic (exact) mass is 763 g/mol. The van der Waals surface area contributed by atoms with Crippen molar-refractivity contribution in [3.8, 4) is 17.1 Å². The molecule has 1 unspecified atom stereocenters. The lowest BCUT2D eigenvalue weighted by molar-refractivity contribution is -0.348. The van der Waals surface area contributed by atoms with E-state index in [4.69, 9.17) is 14.5 Å². The first-order valence-corrected chi connectivity index (χ1v) is 19.0. The molecule has 0 spiro atoms. The van der Waals surface area contributed by atoms with Gasteiger partial charge in [0.1, 0.15) is 12.1 Å². The van der Waals surface area contributed by atoms with Gasteiger partial charge in [0.2, 0.25) is 11.8 Å². The van der Waals surface area contributed by atoms with Gasteiger partial charge in [-0.15, -0.1) is 13.2 Å². The molecule has 12 nitrogen and oxygen atoms in total. The van der Waals surface area contributed by atoms with Gasteiger partial charge in [-0.3, -0.25) is 14.5 Å². The standard InChI is InChI=1S/C38H40F3N7O5S/c1-21-10-7-11-22(2)33(21)25-18-32-45-36(44-25)46-54(50,51)24-13-8-12-23(16-24)35(49)48-28(14-9-15-30(29(48)20-52-32)53-38(39,40)41)27-19-42-26-17-31(37(3,4)5)47(6)34(26)43-27/h7-8,10-13,16-19,28-30H,9,14-15,20H2,1-6H3,(H,44,45,46)/t28?,29-,30+/m0/s1. The molecule has 1 N–H and O–H groups in total. The van der Waals surface area contributed by atoms with Crippen molar-refractivity contribution in [3.63, 3.8) is 0 Å². The van der Waals surface area contributed by atoms with Crippen molar-refractivity contribution in [3.05, 3.63) is 88.9 Å². The van der Waals surface area contributed by atoms with Crippen LogP contribution in [-0.2, 0) is 27.2 Å². The summed E-state index contributed by atoms with van der Waals surface area (Å²) in [6.45, 7) is 9.43. The molecule has 3 atom stereocenters. The van der Waals surface area contributed by atoms with Crippen LogP contribution in [0.2, 0.25) is 0 Å². The van der Waals surface area contributed by atoms with Gasteiger partial charge < -0.3 is 14.2 Å². The molecule has 4 bridgehead atoms. The van der Waals surface area contributed by atoms with E-state index >= 15 is 0 Å². The second kappa shape index (κ2) is 13.6. The number of fused-ring (bicyclic) bond motifs is 6. The van der Waals surface area contributed by atoms with Gasteiger partial charge in [0.15, 0.2) is 5.65 Å². The third-order valence-electron chi connectivity index (χ3n) is 9.93. The molecule has 16 heteroatoms. The number of carbonyl (C=O) groups excluding carboxylic acids is 1. The van der Waals surface area contributed by atoms with Crippen molar-refractivity contribution in [1.29, 1.82) is 0 Å². The second-order valence-corrected chi connectivity index (χ2v) is 16.5. The highest BCUT2D eigenvalue weighted by Gasteiger charge is 2.46. The Kier molecular flexibility index (Phi) is 9.41. The van der Waals surface area contributed by atoms with Crippen molar-refractivity contribution in [1.82, 2.24) is 29.4 Å². The SMILES string of the molecule is Cc1cccc(C)c1-c1cc2nc(n1)NS(=O)(=O)c1cccc(c1)C(=O)N1C(c3cnc4cc(C(C)(C)C)n(C)c4n3)CCC[C@@H](OC(F)(F)F)[C@@H]1CO2. The Morgan fingerprint density at radius 1 is 0.963 bits per heavy atom. The normalized spacial score (nSPS) is 20.5. The van der Waals surface area contributed by atoms with Gasteiger partial charge in [-0.05, 0) is 68.5 Å². The number of amides is 1. The number of aryl methyl sites for hydroxylation is 3. The van der Waals surface area contributed by atoms with Crippen LogP contribution in [0.25, 0.3) is 22.4 Å². The minimum atomic E-state index is -5.04. The fourth-order valence-corrected chi connectivity index (χ4v) is 8.48. The van der Waals surface area contributed by atoms with Crippen LogP contribution in [0.5, 0.6) is 5.88 Å². The minimum Gasteiger partial charge on any atom is -0.475 e. The molecule has 1 fully saturated rings. The summed E-state index contributed by atoms with van der Waals surface area (Å²) in [5.41, 5.74) is 4.88. The number of benzene rings is 2. The number of alkyl halides is 3. The van der Waals surface area contributed by atoms with Gasteiger partial charge in [0.25, 0.3) is 15.9 Å². The number of hydrogen-bond acceptors (Lipinski definition) is 9. The number of halogens is 3. The Labute approximate surface area is 310 Å². The van der Waals surface area contributed by atoms with E-state index in [0.717, 1.165) is 16.8 Å². The van der Waals surface area contributed by atoms with Crippen LogP contribution in [0, 0.1) is 13.8 Å².